The summed E-state index contributed by atoms with van der Waals surface area (Å²) in [7, 11) is 0. The van der Waals surface area contributed by atoms with Crippen molar-refractivity contribution in [2.75, 3.05) is 29.9 Å². The molecule has 1 aliphatic heterocycles. The van der Waals surface area contributed by atoms with Crippen molar-refractivity contribution in [3.63, 3.8) is 0 Å². The molecule has 1 saturated heterocycles. The van der Waals surface area contributed by atoms with E-state index in [1.165, 1.54) is 25.3 Å². The highest BCUT2D eigenvalue weighted by Gasteiger charge is 2.23. The van der Waals surface area contributed by atoms with Gasteiger partial charge in [0.2, 0.25) is 0 Å². The predicted octanol–water partition coefficient (Wildman–Crippen LogP) is 2.91. The van der Waals surface area contributed by atoms with E-state index < -0.39 is 5.97 Å². The fourth-order valence-electron chi connectivity index (χ4n) is 2.99. The van der Waals surface area contributed by atoms with Gasteiger partial charge in [-0.3, -0.25) is 4.79 Å². The lowest BCUT2D eigenvalue weighted by Gasteiger charge is -2.27. The number of aromatic nitrogens is 1. The Hall–Kier alpha value is -2.37. The zero-order valence-electron chi connectivity index (χ0n) is 14.7. The fraction of sp³-hybridized carbons (Fsp3) is 0.526. The fourth-order valence-corrected chi connectivity index (χ4v) is 2.99. The van der Waals surface area contributed by atoms with E-state index in [4.69, 9.17) is 4.74 Å². The van der Waals surface area contributed by atoms with Crippen molar-refractivity contribution in [1.29, 1.82) is 0 Å². The highest BCUT2D eigenvalue weighted by atomic mass is 16.5. The molecule has 2 fully saturated rings. The topological polar surface area (TPSA) is 71.5 Å². The van der Waals surface area contributed by atoms with E-state index in [2.05, 4.69) is 15.2 Å². The summed E-state index contributed by atoms with van der Waals surface area (Å²) in [6.45, 7) is 3.70. The summed E-state index contributed by atoms with van der Waals surface area (Å²) in [5.74, 6) is 0.632. The molecular formula is C19H25N3O3. The van der Waals surface area contributed by atoms with Gasteiger partial charge in [0.25, 0.3) is 5.91 Å². The summed E-state index contributed by atoms with van der Waals surface area (Å²) in [5.41, 5.74) is 1.63. The van der Waals surface area contributed by atoms with Crippen LogP contribution in [0.4, 0.5) is 11.5 Å². The van der Waals surface area contributed by atoms with Gasteiger partial charge in [-0.25, -0.2) is 9.78 Å². The molecule has 1 N–H and O–H groups in total. The van der Waals surface area contributed by atoms with Crippen molar-refractivity contribution < 1.29 is 14.3 Å². The van der Waals surface area contributed by atoms with Crippen molar-refractivity contribution in [3.8, 4) is 0 Å². The highest BCUT2D eigenvalue weighted by Crippen LogP contribution is 2.35. The quantitative estimate of drug-likeness (QED) is 0.635. The zero-order chi connectivity index (χ0) is 17.6. The second kappa shape index (κ2) is 8.14. The molecule has 0 unspecified atom stereocenters. The average Bonchev–Trinajstić information content (AvgIpc) is 3.47. The first-order chi connectivity index (χ1) is 12.1. The minimum Gasteiger partial charge on any atom is -0.452 e. The van der Waals surface area contributed by atoms with E-state index in [1.807, 2.05) is 19.1 Å². The minimum absolute atomic E-state index is 0.291. The van der Waals surface area contributed by atoms with Gasteiger partial charge in [-0.15, -0.1) is 0 Å². The maximum atomic E-state index is 11.9. The maximum absolute atomic E-state index is 11.9. The van der Waals surface area contributed by atoms with Crippen molar-refractivity contribution in [3.05, 3.63) is 30.0 Å². The Kier molecular flexibility index (Phi) is 5.68. The molecule has 0 spiro atoms. The molecule has 2 heterocycles. The number of nitrogens with one attached hydrogen (secondary N) is 1. The Morgan fingerprint density at radius 2 is 2.04 bits per heavy atom. The number of piperidine rings is 1. The lowest BCUT2D eigenvalue weighted by molar-refractivity contribution is -0.142. The molecule has 3 rings (SSSR count). The molecule has 1 aromatic heterocycles. The van der Waals surface area contributed by atoms with Crippen LogP contribution in [-0.4, -0.2) is 36.6 Å². The molecule has 2 aliphatic rings. The van der Waals surface area contributed by atoms with Crippen molar-refractivity contribution in [2.24, 2.45) is 5.92 Å². The number of carbonyl (C=O) groups excluding carboxylic acids is 2. The number of allylic oxidation sites excluding steroid dienone is 1. The van der Waals surface area contributed by atoms with Crippen LogP contribution in [0.25, 0.3) is 0 Å². The highest BCUT2D eigenvalue weighted by molar-refractivity contribution is 5.93. The summed E-state index contributed by atoms with van der Waals surface area (Å²) >= 11 is 0. The number of anilines is 2. The number of esters is 1. The molecule has 134 valence electrons. The summed E-state index contributed by atoms with van der Waals surface area (Å²) in [6.07, 6.45) is 9.06. The normalized spacial score (nSPS) is 18.0. The number of pyridine rings is 1. The number of rotatable bonds is 6. The van der Waals surface area contributed by atoms with E-state index in [1.54, 1.807) is 6.20 Å². The largest absolute Gasteiger partial charge is 0.452 e. The van der Waals surface area contributed by atoms with Crippen LogP contribution in [0.15, 0.2) is 30.0 Å². The number of amides is 1. The van der Waals surface area contributed by atoms with Crippen molar-refractivity contribution in [1.82, 2.24) is 4.98 Å². The zero-order valence-corrected chi connectivity index (χ0v) is 14.7. The van der Waals surface area contributed by atoms with Gasteiger partial charge in [-0.2, -0.15) is 0 Å². The van der Waals surface area contributed by atoms with Crippen LogP contribution >= 0.6 is 0 Å². The van der Waals surface area contributed by atoms with Gasteiger partial charge in [0.1, 0.15) is 5.82 Å². The first-order valence-corrected chi connectivity index (χ1v) is 8.97. The monoisotopic (exact) mass is 343 g/mol. The van der Waals surface area contributed by atoms with Crippen LogP contribution in [0, 0.1) is 5.92 Å². The molecule has 0 atom stereocenters. The van der Waals surface area contributed by atoms with Crippen LogP contribution in [-0.2, 0) is 14.3 Å². The molecule has 1 amide bonds. The van der Waals surface area contributed by atoms with Gasteiger partial charge >= 0.3 is 5.97 Å². The SMILES string of the molecule is C/C(=C\C(=O)OCC(=O)Nc1ccc(N2CCCCC2)nc1)C1CC1. The Morgan fingerprint density at radius 3 is 2.68 bits per heavy atom. The Bertz CT molecular complexity index is 644. The summed E-state index contributed by atoms with van der Waals surface area (Å²) < 4.78 is 4.99. The lowest BCUT2D eigenvalue weighted by atomic mass is 10.1. The van der Waals surface area contributed by atoms with Crippen LogP contribution in [0.2, 0.25) is 0 Å². The molecule has 1 aromatic rings. The molecule has 1 saturated carbocycles. The number of carbonyl (C=O) groups is 2. The summed E-state index contributed by atoms with van der Waals surface area (Å²) in [5, 5.41) is 2.70. The van der Waals surface area contributed by atoms with Gasteiger partial charge < -0.3 is 15.0 Å². The maximum Gasteiger partial charge on any atom is 0.331 e. The molecular weight excluding hydrogens is 318 g/mol. The average molecular weight is 343 g/mol. The van der Waals surface area contributed by atoms with Crippen molar-refractivity contribution in [2.45, 2.75) is 39.0 Å². The smallest absolute Gasteiger partial charge is 0.331 e. The van der Waals surface area contributed by atoms with E-state index in [0.29, 0.717) is 11.6 Å². The van der Waals surface area contributed by atoms with Gasteiger partial charge in [0.15, 0.2) is 6.61 Å². The third-order valence-corrected chi connectivity index (χ3v) is 4.62. The van der Waals surface area contributed by atoms with E-state index >= 15 is 0 Å². The Morgan fingerprint density at radius 1 is 1.28 bits per heavy atom. The first-order valence-electron chi connectivity index (χ1n) is 8.97. The molecule has 6 nitrogen and oxygen atoms in total. The summed E-state index contributed by atoms with van der Waals surface area (Å²) in [6, 6.07) is 3.74. The second-order valence-electron chi connectivity index (χ2n) is 6.77. The van der Waals surface area contributed by atoms with Crippen molar-refractivity contribution >= 4 is 23.4 Å². The van der Waals surface area contributed by atoms with Crippen LogP contribution in [0.5, 0.6) is 0 Å². The van der Waals surface area contributed by atoms with Gasteiger partial charge in [-0.1, -0.05) is 5.57 Å². The molecule has 1 aliphatic carbocycles. The first kappa shape index (κ1) is 17.5. The van der Waals surface area contributed by atoms with Gasteiger partial charge in [-0.05, 0) is 57.1 Å². The van der Waals surface area contributed by atoms with Crippen LogP contribution < -0.4 is 10.2 Å². The number of ether oxygens (including phenoxy) is 1. The second-order valence-corrected chi connectivity index (χ2v) is 6.77. The van der Waals surface area contributed by atoms with E-state index in [0.717, 1.165) is 37.3 Å². The molecule has 0 aromatic carbocycles. The third kappa shape index (κ3) is 5.31. The minimum atomic E-state index is -0.460. The third-order valence-electron chi connectivity index (χ3n) is 4.62. The van der Waals surface area contributed by atoms with Crippen LogP contribution in [0.3, 0.4) is 0 Å². The van der Waals surface area contributed by atoms with Gasteiger partial charge in [0, 0.05) is 19.2 Å². The lowest BCUT2D eigenvalue weighted by Crippen LogP contribution is -2.30. The molecule has 0 radical (unpaired) electrons. The number of nitrogens with zero attached hydrogens (tertiary/aromatic N) is 2. The predicted molar refractivity (Wildman–Crippen MR) is 96.4 cm³/mol. The number of hydrogen-bond acceptors (Lipinski definition) is 5. The molecule has 25 heavy (non-hydrogen) atoms. The van der Waals surface area contributed by atoms with E-state index in [9.17, 15) is 9.59 Å². The molecule has 0 bridgehead atoms. The standard InChI is InChI=1S/C19H25N3O3/c1-14(15-5-6-15)11-19(24)25-13-18(23)21-16-7-8-17(20-12-16)22-9-3-2-4-10-22/h7-8,11-12,15H,2-6,9-10,13H2,1H3,(H,21,23)/b14-11+. The van der Waals surface area contributed by atoms with Gasteiger partial charge in [0.05, 0.1) is 11.9 Å². The Balaban J connectivity index is 1.44. The summed E-state index contributed by atoms with van der Waals surface area (Å²) in [4.78, 5) is 30.2. The van der Waals surface area contributed by atoms with E-state index in [-0.39, 0.29) is 12.5 Å². The number of hydrogen-bond donors (Lipinski definition) is 1. The molecule has 6 heteroatoms. The Labute approximate surface area is 148 Å². The van der Waals surface area contributed by atoms with Crippen LogP contribution in [0.1, 0.15) is 39.0 Å².